The molecule has 0 aromatic heterocycles. The maximum absolute atomic E-state index is 10.6. The van der Waals surface area contributed by atoms with Crippen molar-refractivity contribution in [2.24, 2.45) is 4.99 Å². The lowest BCUT2D eigenvalue weighted by Crippen LogP contribution is -2.21. The average Bonchev–Trinajstić information content (AvgIpc) is 1.81. The van der Waals surface area contributed by atoms with Gasteiger partial charge in [0.1, 0.15) is 6.04 Å². The third-order valence-electron chi connectivity index (χ3n) is 1.12. The first-order valence-corrected chi connectivity index (χ1v) is 2.90. The van der Waals surface area contributed by atoms with Crippen molar-refractivity contribution in [3.05, 3.63) is 0 Å². The Hall–Kier alpha value is -0.740. The molecule has 10 heavy (non-hydrogen) atoms. The van der Waals surface area contributed by atoms with Gasteiger partial charge in [-0.3, -0.25) is 9.79 Å². The van der Waals surface area contributed by atoms with Gasteiger partial charge in [0, 0.05) is 6.42 Å². The molecule has 0 amide bonds. The van der Waals surface area contributed by atoms with Crippen LogP contribution in [-0.4, -0.2) is 35.0 Å². The molecule has 0 saturated carbocycles. The quantitative estimate of drug-likeness (QED) is 0.407. The Bertz CT molecular complexity index is 133. The Labute approximate surface area is 59.2 Å². The molecule has 4 heteroatoms. The molecule has 0 radical (unpaired) electrons. The minimum Gasteiger partial charge on any atom is -0.368 e. The van der Waals surface area contributed by atoms with E-state index in [4.69, 9.17) is 10.2 Å². The molecule has 2 N–H and O–H groups in total. The van der Waals surface area contributed by atoms with Crippen LogP contribution in [-0.2, 0) is 4.79 Å². The molecule has 0 spiro atoms. The van der Waals surface area contributed by atoms with Crippen molar-refractivity contribution in [1.29, 1.82) is 0 Å². The second kappa shape index (κ2) is 4.14. The van der Waals surface area contributed by atoms with E-state index in [1.54, 1.807) is 0 Å². The zero-order valence-electron chi connectivity index (χ0n) is 5.82. The van der Waals surface area contributed by atoms with Gasteiger partial charge in [-0.2, -0.15) is 0 Å². The maximum Gasteiger partial charge on any atom is 0.154 e. The largest absolute Gasteiger partial charge is 0.368 e. The Morgan fingerprint density at radius 1 is 1.70 bits per heavy atom. The number of ketones is 1. The summed E-state index contributed by atoms with van der Waals surface area (Å²) in [5, 5.41) is 16.8. The van der Waals surface area contributed by atoms with Gasteiger partial charge in [0.25, 0.3) is 0 Å². The fourth-order valence-corrected chi connectivity index (χ4v) is 0.569. The average molecular weight is 145 g/mol. The van der Waals surface area contributed by atoms with E-state index in [9.17, 15) is 4.79 Å². The highest BCUT2D eigenvalue weighted by Gasteiger charge is 2.14. The monoisotopic (exact) mass is 145 g/mol. The van der Waals surface area contributed by atoms with Crippen LogP contribution in [0.4, 0.5) is 0 Å². The third-order valence-corrected chi connectivity index (χ3v) is 1.12. The summed E-state index contributed by atoms with van der Waals surface area (Å²) in [4.78, 5) is 14.0. The molecule has 0 aliphatic carbocycles. The first-order valence-electron chi connectivity index (χ1n) is 2.90. The second-order valence-electron chi connectivity index (χ2n) is 2.03. The highest BCUT2D eigenvalue weighted by atomic mass is 16.5. The van der Waals surface area contributed by atoms with Crippen molar-refractivity contribution >= 4 is 12.5 Å². The van der Waals surface area contributed by atoms with E-state index in [1.807, 2.05) is 0 Å². The van der Waals surface area contributed by atoms with E-state index in [0.29, 0.717) is 0 Å². The smallest absolute Gasteiger partial charge is 0.154 e. The van der Waals surface area contributed by atoms with Gasteiger partial charge in [0.15, 0.2) is 12.1 Å². The van der Waals surface area contributed by atoms with E-state index in [0.717, 1.165) is 0 Å². The molecule has 0 fully saturated rings. The summed E-state index contributed by atoms with van der Waals surface area (Å²) in [7, 11) is 0. The molecule has 0 aromatic rings. The van der Waals surface area contributed by atoms with Gasteiger partial charge < -0.3 is 10.2 Å². The van der Waals surface area contributed by atoms with Crippen molar-refractivity contribution in [2.45, 2.75) is 25.7 Å². The highest BCUT2D eigenvalue weighted by Crippen LogP contribution is 2.00. The van der Waals surface area contributed by atoms with Gasteiger partial charge in [-0.05, 0) is 13.6 Å². The van der Waals surface area contributed by atoms with Crippen LogP contribution in [0.2, 0.25) is 0 Å². The lowest BCUT2D eigenvalue weighted by Gasteiger charge is -2.08. The lowest BCUT2D eigenvalue weighted by atomic mass is 10.1. The Morgan fingerprint density at radius 2 is 2.20 bits per heavy atom. The molecular weight excluding hydrogens is 134 g/mol. The normalized spacial score (nSPS) is 13.2. The predicted molar refractivity (Wildman–Crippen MR) is 36.9 cm³/mol. The Kier molecular flexibility index (Phi) is 3.83. The second-order valence-corrected chi connectivity index (χ2v) is 2.03. The first-order chi connectivity index (χ1) is 4.57. The number of rotatable bonds is 4. The van der Waals surface area contributed by atoms with Gasteiger partial charge in [-0.25, -0.2) is 0 Å². The predicted octanol–water partition coefficient (Wildman–Crippen LogP) is -0.655. The van der Waals surface area contributed by atoms with E-state index in [2.05, 4.69) is 11.7 Å². The maximum atomic E-state index is 10.6. The number of nitrogens with zero attached hydrogens (tertiary/aromatic N) is 1. The highest BCUT2D eigenvalue weighted by molar-refractivity contribution is 5.82. The molecule has 58 valence electrons. The van der Waals surface area contributed by atoms with Gasteiger partial charge in [0.2, 0.25) is 0 Å². The summed E-state index contributed by atoms with van der Waals surface area (Å²) >= 11 is 0. The third kappa shape index (κ3) is 3.32. The summed E-state index contributed by atoms with van der Waals surface area (Å²) in [6.45, 7) is 4.48. The molecule has 1 atom stereocenters. The molecule has 0 aliphatic rings. The molecule has 0 aliphatic heterocycles. The van der Waals surface area contributed by atoms with Crippen LogP contribution in [0.3, 0.4) is 0 Å². The SMILES string of the molecule is C=NC(CC(O)O)C(C)=O. The minimum atomic E-state index is -1.49. The molecule has 0 aromatic carbocycles. The van der Waals surface area contributed by atoms with Crippen LogP contribution in [0.15, 0.2) is 4.99 Å². The van der Waals surface area contributed by atoms with Crippen LogP contribution in [0, 0.1) is 0 Å². The van der Waals surface area contributed by atoms with E-state index < -0.39 is 12.3 Å². The van der Waals surface area contributed by atoms with Crippen molar-refractivity contribution in [2.75, 3.05) is 0 Å². The van der Waals surface area contributed by atoms with E-state index >= 15 is 0 Å². The van der Waals surface area contributed by atoms with Gasteiger partial charge in [-0.15, -0.1) is 0 Å². The molecule has 0 heterocycles. The number of carbonyl (C=O) groups excluding carboxylic acids is 1. The zero-order valence-corrected chi connectivity index (χ0v) is 5.82. The van der Waals surface area contributed by atoms with Gasteiger partial charge in [0.05, 0.1) is 0 Å². The van der Waals surface area contributed by atoms with Gasteiger partial charge >= 0.3 is 0 Å². The minimum absolute atomic E-state index is 0.0706. The topological polar surface area (TPSA) is 69.9 Å². The zero-order chi connectivity index (χ0) is 8.15. The first kappa shape index (κ1) is 9.26. The van der Waals surface area contributed by atoms with Gasteiger partial charge in [-0.1, -0.05) is 0 Å². The number of aliphatic imine (C=N–C) groups is 1. The number of hydrogen-bond donors (Lipinski definition) is 2. The van der Waals surface area contributed by atoms with Crippen molar-refractivity contribution in [3.63, 3.8) is 0 Å². The summed E-state index contributed by atoms with van der Waals surface area (Å²) in [5.41, 5.74) is 0. The molecule has 0 bridgehead atoms. The lowest BCUT2D eigenvalue weighted by molar-refractivity contribution is -0.121. The number of Topliss-reactive ketones (excluding diaryl/α,β-unsaturated/α-hetero) is 1. The Morgan fingerprint density at radius 3 is 2.30 bits per heavy atom. The molecule has 4 nitrogen and oxygen atoms in total. The van der Waals surface area contributed by atoms with E-state index in [1.165, 1.54) is 6.92 Å². The number of hydrogen-bond acceptors (Lipinski definition) is 4. The van der Waals surface area contributed by atoms with Crippen molar-refractivity contribution < 1.29 is 15.0 Å². The Balaban J connectivity index is 3.83. The van der Waals surface area contributed by atoms with Crippen molar-refractivity contribution in [1.82, 2.24) is 0 Å². The summed E-state index contributed by atoms with van der Waals surface area (Å²) < 4.78 is 0. The summed E-state index contributed by atoms with van der Waals surface area (Å²) in [6, 6.07) is -0.681. The fourth-order valence-electron chi connectivity index (χ4n) is 0.569. The number of aliphatic hydroxyl groups is 2. The molecule has 0 saturated heterocycles. The standard InChI is InChI=1S/C6H11NO3/c1-4(8)5(7-2)3-6(9)10/h5-6,9-10H,2-3H2,1H3. The van der Waals surface area contributed by atoms with Crippen LogP contribution in [0.1, 0.15) is 13.3 Å². The number of carbonyl (C=O) groups is 1. The van der Waals surface area contributed by atoms with E-state index in [-0.39, 0.29) is 12.2 Å². The van der Waals surface area contributed by atoms with Crippen LogP contribution in [0.25, 0.3) is 0 Å². The van der Waals surface area contributed by atoms with Crippen molar-refractivity contribution in [3.8, 4) is 0 Å². The fraction of sp³-hybridized carbons (Fsp3) is 0.667. The van der Waals surface area contributed by atoms with Crippen LogP contribution >= 0.6 is 0 Å². The summed E-state index contributed by atoms with van der Waals surface area (Å²) in [6.07, 6.45) is -1.56. The van der Waals surface area contributed by atoms with Crippen LogP contribution < -0.4 is 0 Å². The molecule has 1 unspecified atom stereocenters. The number of aliphatic hydroxyl groups excluding tert-OH is 1. The van der Waals surface area contributed by atoms with Crippen LogP contribution in [0.5, 0.6) is 0 Å². The molecular formula is C6H11NO3. The summed E-state index contributed by atoms with van der Waals surface area (Å²) in [5.74, 6) is -0.205. The molecule has 0 rings (SSSR count).